The predicted octanol–water partition coefficient (Wildman–Crippen LogP) is -3.16. The molecule has 4 atom stereocenters. The largest absolute Gasteiger partial charge is 0.394 e. The molecular weight excluding hydrogens is 362 g/mol. The molecule has 13 heteroatoms. The number of rotatable bonds is 3. The van der Waals surface area contributed by atoms with Gasteiger partial charge in [0.15, 0.2) is 12.0 Å². The van der Waals surface area contributed by atoms with Gasteiger partial charge in [-0.3, -0.25) is 9.36 Å². The van der Waals surface area contributed by atoms with E-state index >= 15 is 0 Å². The zero-order valence-electron chi connectivity index (χ0n) is 14.3. The number of H-pyrrole nitrogens is 1. The molecule has 0 radical (unpaired) electrons. The lowest BCUT2D eigenvalue weighted by Gasteiger charge is -2.17. The molecule has 1 saturated heterocycles. The van der Waals surface area contributed by atoms with Crippen LogP contribution in [0.15, 0.2) is 17.3 Å². The number of aliphatic hydroxyl groups is 3. The van der Waals surface area contributed by atoms with E-state index < -0.39 is 42.7 Å². The molecule has 148 valence electrons. The minimum Gasteiger partial charge on any atom is -0.394 e. The Bertz CT molecular complexity index is 866. The summed E-state index contributed by atoms with van der Waals surface area (Å²) in [5.74, 6) is -0.351. The van der Waals surface area contributed by atoms with Crippen LogP contribution in [0.3, 0.4) is 0 Å². The number of anilines is 2. The molecule has 10 N–H and O–H groups in total. The zero-order valence-corrected chi connectivity index (χ0v) is 14.3. The number of aromatic amines is 1. The van der Waals surface area contributed by atoms with Crippen molar-refractivity contribution in [3.63, 3.8) is 0 Å². The van der Waals surface area contributed by atoms with Crippen molar-refractivity contribution in [1.82, 2.24) is 19.5 Å². The summed E-state index contributed by atoms with van der Waals surface area (Å²) in [6.45, 7) is 1.20. The SMILES string of the molecule is Cc1cn([C@@H]2O[C@H](CO)[C@@H](O)[C@H]2O)c(=O)nc1N.NC(=O)c1[nH]cnc1N. The molecule has 1 amide bonds. The summed E-state index contributed by atoms with van der Waals surface area (Å²) in [7, 11) is 0. The highest BCUT2D eigenvalue weighted by Gasteiger charge is 2.43. The topological polar surface area (TPSA) is 229 Å². The third kappa shape index (κ3) is 4.22. The highest BCUT2D eigenvalue weighted by atomic mass is 16.6. The molecule has 0 saturated carbocycles. The number of imidazole rings is 1. The van der Waals surface area contributed by atoms with Crippen molar-refractivity contribution >= 4 is 17.5 Å². The Kier molecular flexibility index (Phi) is 6.12. The Balaban J connectivity index is 0.000000244. The number of nitrogens with two attached hydrogens (primary N) is 3. The Morgan fingerprint density at radius 2 is 2.00 bits per heavy atom. The summed E-state index contributed by atoms with van der Waals surface area (Å²) < 4.78 is 6.28. The number of ether oxygens (including phenoxy) is 1. The van der Waals surface area contributed by atoms with Crippen LogP contribution in [0.5, 0.6) is 0 Å². The van der Waals surface area contributed by atoms with Gasteiger partial charge in [0, 0.05) is 11.8 Å². The first kappa shape index (κ1) is 20.3. The molecule has 1 aliphatic heterocycles. The first-order valence-corrected chi connectivity index (χ1v) is 7.73. The lowest BCUT2D eigenvalue weighted by atomic mass is 10.1. The molecule has 0 aliphatic carbocycles. The van der Waals surface area contributed by atoms with Gasteiger partial charge >= 0.3 is 5.69 Å². The summed E-state index contributed by atoms with van der Waals surface area (Å²) in [6, 6.07) is 0. The fraction of sp³-hybridized carbons (Fsp3) is 0.429. The number of nitrogens with one attached hydrogen (secondary N) is 1. The molecule has 2 aromatic rings. The van der Waals surface area contributed by atoms with Gasteiger partial charge in [-0.15, -0.1) is 0 Å². The molecule has 0 unspecified atom stereocenters. The van der Waals surface area contributed by atoms with Crippen LogP contribution in [-0.2, 0) is 4.74 Å². The van der Waals surface area contributed by atoms with Gasteiger partial charge in [0.1, 0.15) is 29.8 Å². The monoisotopic (exact) mass is 383 g/mol. The molecule has 0 bridgehead atoms. The highest BCUT2D eigenvalue weighted by Crippen LogP contribution is 2.28. The second kappa shape index (κ2) is 8.13. The quantitative estimate of drug-likeness (QED) is 0.281. The number of nitrogen functional groups attached to an aromatic ring is 2. The van der Waals surface area contributed by atoms with Crippen molar-refractivity contribution in [1.29, 1.82) is 0 Å². The van der Waals surface area contributed by atoms with Gasteiger partial charge in [-0.05, 0) is 6.92 Å². The standard InChI is InChI=1S/C10H15N3O5.C4H6N4O/c1-4-2-13(10(17)12-8(4)11)9-7(16)6(15)5(3-14)18-9;5-3-2(4(6)9)7-1-8-3/h2,5-7,9,14-16H,3H2,1H3,(H2,11,12,17);1H,5H2,(H2,6,9)(H,7,8)/t5-,6-,7-,9-;/m1./s1. The number of aromatic nitrogens is 4. The molecule has 3 heterocycles. The van der Waals surface area contributed by atoms with Crippen molar-refractivity contribution in [2.24, 2.45) is 5.73 Å². The average molecular weight is 383 g/mol. The molecule has 0 spiro atoms. The van der Waals surface area contributed by atoms with E-state index in [-0.39, 0.29) is 17.3 Å². The van der Waals surface area contributed by atoms with Crippen LogP contribution in [0.2, 0.25) is 0 Å². The minimum absolute atomic E-state index is 0.1000. The minimum atomic E-state index is -1.32. The highest BCUT2D eigenvalue weighted by molar-refractivity contribution is 5.94. The number of hydrogen-bond donors (Lipinski definition) is 7. The number of aliphatic hydroxyl groups excluding tert-OH is 3. The second-order valence-corrected chi connectivity index (χ2v) is 5.75. The summed E-state index contributed by atoms with van der Waals surface area (Å²) in [5.41, 5.74) is 15.6. The average Bonchev–Trinajstić information content (AvgIpc) is 3.16. The smallest absolute Gasteiger partial charge is 0.351 e. The number of hydrogen-bond acceptors (Lipinski definition) is 10. The van der Waals surface area contributed by atoms with Crippen LogP contribution in [-0.4, -0.2) is 65.7 Å². The van der Waals surface area contributed by atoms with Gasteiger partial charge in [0.25, 0.3) is 5.91 Å². The Morgan fingerprint density at radius 1 is 1.33 bits per heavy atom. The Labute approximate surface area is 152 Å². The first-order chi connectivity index (χ1) is 12.7. The van der Waals surface area contributed by atoms with Crippen molar-refractivity contribution in [2.45, 2.75) is 31.5 Å². The van der Waals surface area contributed by atoms with Crippen LogP contribution in [0.1, 0.15) is 22.3 Å². The van der Waals surface area contributed by atoms with Crippen molar-refractivity contribution in [2.75, 3.05) is 18.1 Å². The first-order valence-electron chi connectivity index (χ1n) is 7.73. The molecule has 2 aromatic heterocycles. The fourth-order valence-electron chi connectivity index (χ4n) is 2.37. The van der Waals surface area contributed by atoms with E-state index in [2.05, 4.69) is 15.0 Å². The van der Waals surface area contributed by atoms with Crippen LogP contribution in [0.4, 0.5) is 11.6 Å². The summed E-state index contributed by atoms with van der Waals surface area (Å²) in [6.07, 6.45) is -1.89. The van der Waals surface area contributed by atoms with Crippen LogP contribution in [0.25, 0.3) is 0 Å². The summed E-state index contributed by atoms with van der Waals surface area (Å²) in [5, 5.41) is 28.4. The van der Waals surface area contributed by atoms with Gasteiger partial charge in [-0.25, -0.2) is 9.78 Å². The van der Waals surface area contributed by atoms with Gasteiger partial charge in [0.2, 0.25) is 0 Å². The van der Waals surface area contributed by atoms with Gasteiger partial charge in [-0.2, -0.15) is 4.98 Å². The van der Waals surface area contributed by atoms with Crippen LogP contribution >= 0.6 is 0 Å². The van der Waals surface area contributed by atoms with Crippen molar-refractivity contribution < 1.29 is 24.9 Å². The van der Waals surface area contributed by atoms with E-state index in [4.69, 9.17) is 27.0 Å². The van der Waals surface area contributed by atoms with E-state index in [1.165, 1.54) is 12.5 Å². The normalized spacial score (nSPS) is 24.3. The van der Waals surface area contributed by atoms with Crippen LogP contribution < -0.4 is 22.9 Å². The lowest BCUT2D eigenvalue weighted by Crippen LogP contribution is -2.36. The van der Waals surface area contributed by atoms with Crippen molar-refractivity contribution in [3.05, 3.63) is 34.3 Å². The summed E-state index contributed by atoms with van der Waals surface area (Å²) >= 11 is 0. The van der Waals surface area contributed by atoms with Gasteiger partial charge < -0.3 is 42.2 Å². The third-order valence-electron chi connectivity index (χ3n) is 3.88. The Morgan fingerprint density at radius 3 is 2.44 bits per heavy atom. The number of aryl methyl sites for hydroxylation is 1. The maximum absolute atomic E-state index is 11.7. The molecule has 1 fully saturated rings. The number of nitrogens with zero attached hydrogens (tertiary/aromatic N) is 3. The fourth-order valence-corrected chi connectivity index (χ4v) is 2.37. The molecule has 1 aliphatic rings. The maximum atomic E-state index is 11.7. The number of amides is 1. The molecule has 3 rings (SSSR count). The number of carbonyl (C=O) groups excluding carboxylic acids is 1. The summed E-state index contributed by atoms with van der Waals surface area (Å²) in [4.78, 5) is 31.6. The third-order valence-corrected chi connectivity index (χ3v) is 3.88. The molecular formula is C14H21N7O6. The van der Waals surface area contributed by atoms with Gasteiger partial charge in [0.05, 0.1) is 12.9 Å². The van der Waals surface area contributed by atoms with Crippen molar-refractivity contribution in [3.8, 4) is 0 Å². The molecule has 27 heavy (non-hydrogen) atoms. The Hall–Kier alpha value is -3.00. The van der Waals surface area contributed by atoms with Crippen LogP contribution in [0, 0.1) is 6.92 Å². The lowest BCUT2D eigenvalue weighted by molar-refractivity contribution is -0.0550. The predicted molar refractivity (Wildman–Crippen MR) is 92.2 cm³/mol. The van der Waals surface area contributed by atoms with E-state index in [0.717, 1.165) is 4.57 Å². The number of carbonyl (C=O) groups is 1. The molecule has 13 nitrogen and oxygen atoms in total. The molecule has 0 aromatic carbocycles. The van der Waals surface area contributed by atoms with E-state index in [1.807, 2.05) is 0 Å². The number of primary amides is 1. The van der Waals surface area contributed by atoms with Gasteiger partial charge in [-0.1, -0.05) is 0 Å². The van der Waals surface area contributed by atoms with E-state index in [1.54, 1.807) is 6.92 Å². The second-order valence-electron chi connectivity index (χ2n) is 5.75. The van der Waals surface area contributed by atoms with E-state index in [9.17, 15) is 19.8 Å². The van der Waals surface area contributed by atoms with E-state index in [0.29, 0.717) is 5.56 Å². The maximum Gasteiger partial charge on any atom is 0.351 e. The zero-order chi connectivity index (χ0) is 20.3.